The average Bonchev–Trinajstić information content (AvgIpc) is 3.25. The SMILES string of the molecule is C=C(O/C=C(\C)C(C)(C)C)C1CC[C@@H](C)N(C(=O)c2ccccc2-n2nccn2)C1. The molecule has 160 valence electrons. The molecule has 0 N–H and O–H groups in total. The zero-order chi connectivity index (χ0) is 21.9. The van der Waals surface area contributed by atoms with Crippen LogP contribution in [0.5, 0.6) is 0 Å². The van der Waals surface area contributed by atoms with Crippen LogP contribution in [0.3, 0.4) is 0 Å². The highest BCUT2D eigenvalue weighted by Crippen LogP contribution is 2.31. The van der Waals surface area contributed by atoms with Crippen molar-refractivity contribution in [1.29, 1.82) is 0 Å². The Morgan fingerprint density at radius 2 is 1.87 bits per heavy atom. The van der Waals surface area contributed by atoms with E-state index in [1.165, 1.54) is 4.80 Å². The summed E-state index contributed by atoms with van der Waals surface area (Å²) >= 11 is 0. The highest BCUT2D eigenvalue weighted by molar-refractivity contribution is 5.98. The predicted octanol–water partition coefficient (Wildman–Crippen LogP) is 4.99. The number of para-hydroxylation sites is 1. The number of aromatic nitrogens is 3. The van der Waals surface area contributed by atoms with E-state index in [1.807, 2.05) is 29.2 Å². The van der Waals surface area contributed by atoms with Crippen LogP contribution in [-0.4, -0.2) is 38.4 Å². The minimum absolute atomic E-state index is 0.0192. The summed E-state index contributed by atoms with van der Waals surface area (Å²) in [5.41, 5.74) is 2.48. The van der Waals surface area contributed by atoms with Crippen molar-refractivity contribution in [2.45, 2.75) is 53.5 Å². The Morgan fingerprint density at radius 3 is 2.53 bits per heavy atom. The van der Waals surface area contributed by atoms with Crippen LogP contribution in [0.1, 0.15) is 57.8 Å². The van der Waals surface area contributed by atoms with Crippen molar-refractivity contribution in [2.24, 2.45) is 11.3 Å². The van der Waals surface area contributed by atoms with E-state index < -0.39 is 0 Å². The highest BCUT2D eigenvalue weighted by Gasteiger charge is 2.32. The summed E-state index contributed by atoms with van der Waals surface area (Å²) in [6, 6.07) is 7.60. The maximum absolute atomic E-state index is 13.5. The van der Waals surface area contributed by atoms with Gasteiger partial charge in [-0.2, -0.15) is 15.0 Å². The first-order valence-corrected chi connectivity index (χ1v) is 10.5. The Hall–Kier alpha value is -2.89. The highest BCUT2D eigenvalue weighted by atomic mass is 16.5. The third-order valence-corrected chi connectivity index (χ3v) is 5.94. The molecule has 2 aromatic rings. The zero-order valence-corrected chi connectivity index (χ0v) is 18.6. The summed E-state index contributed by atoms with van der Waals surface area (Å²) in [6.07, 6.45) is 6.87. The van der Waals surface area contributed by atoms with Crippen LogP contribution in [-0.2, 0) is 4.74 Å². The van der Waals surface area contributed by atoms with Gasteiger partial charge in [0.25, 0.3) is 5.91 Å². The van der Waals surface area contributed by atoms with E-state index in [0.29, 0.717) is 23.6 Å². The molecule has 1 aromatic carbocycles. The molecule has 6 nitrogen and oxygen atoms in total. The second kappa shape index (κ2) is 8.86. The van der Waals surface area contributed by atoms with Crippen LogP contribution in [0.25, 0.3) is 5.69 Å². The summed E-state index contributed by atoms with van der Waals surface area (Å²) in [5.74, 6) is 0.795. The Bertz CT molecular complexity index is 925. The van der Waals surface area contributed by atoms with Crippen LogP contribution in [0.15, 0.2) is 60.8 Å². The molecule has 1 unspecified atom stereocenters. The third-order valence-electron chi connectivity index (χ3n) is 5.94. The van der Waals surface area contributed by atoms with Crippen LogP contribution < -0.4 is 0 Å². The van der Waals surface area contributed by atoms with Gasteiger partial charge in [-0.05, 0) is 49.8 Å². The van der Waals surface area contributed by atoms with Gasteiger partial charge in [0.15, 0.2) is 0 Å². The molecule has 3 rings (SSSR count). The molecule has 1 aliphatic heterocycles. The van der Waals surface area contributed by atoms with Gasteiger partial charge in [-0.1, -0.05) is 39.5 Å². The Kier molecular flexibility index (Phi) is 6.44. The Balaban J connectivity index is 1.77. The molecule has 1 saturated heterocycles. The molecular formula is C24H32N4O2. The number of rotatable bonds is 5. The van der Waals surface area contributed by atoms with Crippen molar-refractivity contribution in [2.75, 3.05) is 6.54 Å². The summed E-state index contributed by atoms with van der Waals surface area (Å²) in [4.78, 5) is 16.9. The summed E-state index contributed by atoms with van der Waals surface area (Å²) in [6.45, 7) is 15.4. The first-order chi connectivity index (χ1) is 14.2. The fourth-order valence-electron chi connectivity index (χ4n) is 3.41. The molecular weight excluding hydrogens is 376 g/mol. The summed E-state index contributed by atoms with van der Waals surface area (Å²) in [7, 11) is 0. The molecule has 0 spiro atoms. The van der Waals surface area contributed by atoms with Crippen LogP contribution in [0.2, 0.25) is 0 Å². The molecule has 0 radical (unpaired) electrons. The molecule has 6 heteroatoms. The third kappa shape index (κ3) is 4.81. The largest absolute Gasteiger partial charge is 0.470 e. The van der Waals surface area contributed by atoms with Gasteiger partial charge in [0, 0.05) is 18.5 Å². The molecule has 2 heterocycles. The topological polar surface area (TPSA) is 60.2 Å². The van der Waals surface area contributed by atoms with Crippen LogP contribution >= 0.6 is 0 Å². The summed E-state index contributed by atoms with van der Waals surface area (Å²) < 4.78 is 5.90. The van der Waals surface area contributed by atoms with E-state index in [4.69, 9.17) is 4.74 Å². The normalized spacial score (nSPS) is 20.2. The number of nitrogens with zero attached hydrogens (tertiary/aromatic N) is 4. The number of carbonyl (C=O) groups is 1. The fourth-order valence-corrected chi connectivity index (χ4v) is 3.41. The molecule has 0 saturated carbocycles. The Labute approximate surface area is 179 Å². The standard InChI is InChI=1S/C24H32N4O2/c1-17(24(4,5)6)16-30-19(3)20-12-11-18(2)27(15-20)23(29)21-9-7-8-10-22(21)28-25-13-14-26-28/h7-10,13-14,16,18,20H,3,11-12,15H2,1-2,4-6H3/b17-16+/t18-,20?/m1/s1. The van der Waals surface area contributed by atoms with E-state index in [2.05, 4.69) is 51.4 Å². The molecule has 0 aliphatic carbocycles. The lowest BCUT2D eigenvalue weighted by molar-refractivity contribution is 0.0550. The van der Waals surface area contributed by atoms with Crippen LogP contribution in [0, 0.1) is 11.3 Å². The second-order valence-electron chi connectivity index (χ2n) is 9.05. The maximum Gasteiger partial charge on any atom is 0.256 e. The molecule has 0 bridgehead atoms. The molecule has 1 amide bonds. The number of hydrogen-bond donors (Lipinski definition) is 0. The lowest BCUT2D eigenvalue weighted by atomic mass is 9.88. The second-order valence-corrected chi connectivity index (χ2v) is 9.05. The van der Waals surface area contributed by atoms with E-state index in [9.17, 15) is 4.79 Å². The predicted molar refractivity (Wildman–Crippen MR) is 118 cm³/mol. The molecule has 30 heavy (non-hydrogen) atoms. The van der Waals surface area contributed by atoms with E-state index in [-0.39, 0.29) is 23.3 Å². The number of carbonyl (C=O) groups excluding carboxylic acids is 1. The number of hydrogen-bond acceptors (Lipinski definition) is 4. The Morgan fingerprint density at radius 1 is 1.20 bits per heavy atom. The van der Waals surface area contributed by atoms with Gasteiger partial charge in [0.1, 0.15) is 5.76 Å². The lowest BCUT2D eigenvalue weighted by Crippen LogP contribution is -2.46. The zero-order valence-electron chi connectivity index (χ0n) is 18.6. The fraction of sp³-hybridized carbons (Fsp3) is 0.458. The van der Waals surface area contributed by atoms with E-state index >= 15 is 0 Å². The minimum Gasteiger partial charge on any atom is -0.470 e. The quantitative estimate of drug-likeness (QED) is 0.654. The van der Waals surface area contributed by atoms with Gasteiger partial charge in [0.2, 0.25) is 0 Å². The smallest absolute Gasteiger partial charge is 0.256 e. The number of allylic oxidation sites excluding steroid dienone is 1. The maximum atomic E-state index is 13.5. The van der Waals surface area contributed by atoms with Gasteiger partial charge in [-0.25, -0.2) is 0 Å². The van der Waals surface area contributed by atoms with Crippen LogP contribution in [0.4, 0.5) is 0 Å². The van der Waals surface area contributed by atoms with Gasteiger partial charge in [0.05, 0.1) is 29.9 Å². The van der Waals surface area contributed by atoms with Crippen molar-refractivity contribution in [3.8, 4) is 5.69 Å². The molecule has 2 atom stereocenters. The molecule has 1 fully saturated rings. The molecule has 1 aromatic heterocycles. The number of benzene rings is 1. The molecule has 1 aliphatic rings. The average molecular weight is 409 g/mol. The van der Waals surface area contributed by atoms with Gasteiger partial charge in [-0.3, -0.25) is 4.79 Å². The minimum atomic E-state index is -0.0192. The number of likely N-dealkylation sites (tertiary alicyclic amines) is 1. The number of piperidine rings is 1. The van der Waals surface area contributed by atoms with Gasteiger partial charge < -0.3 is 9.64 Å². The van der Waals surface area contributed by atoms with Crippen molar-refractivity contribution in [3.63, 3.8) is 0 Å². The monoisotopic (exact) mass is 408 g/mol. The number of ether oxygens (including phenoxy) is 1. The van der Waals surface area contributed by atoms with Crippen molar-refractivity contribution < 1.29 is 9.53 Å². The van der Waals surface area contributed by atoms with Crippen molar-refractivity contribution in [3.05, 3.63) is 66.4 Å². The summed E-state index contributed by atoms with van der Waals surface area (Å²) in [5, 5.41) is 8.38. The lowest BCUT2D eigenvalue weighted by Gasteiger charge is -2.38. The first kappa shape index (κ1) is 21.8. The van der Waals surface area contributed by atoms with Gasteiger partial charge in [-0.15, -0.1) is 0 Å². The van der Waals surface area contributed by atoms with Crippen molar-refractivity contribution in [1.82, 2.24) is 19.9 Å². The van der Waals surface area contributed by atoms with E-state index in [1.54, 1.807) is 18.7 Å². The van der Waals surface area contributed by atoms with Crippen molar-refractivity contribution >= 4 is 5.91 Å². The number of amides is 1. The van der Waals surface area contributed by atoms with E-state index in [0.717, 1.165) is 18.4 Å². The van der Waals surface area contributed by atoms with Gasteiger partial charge >= 0.3 is 0 Å². The first-order valence-electron chi connectivity index (χ1n) is 10.5.